The van der Waals surface area contributed by atoms with E-state index in [-0.39, 0.29) is 5.91 Å². The molecule has 2 N–H and O–H groups in total. The number of aromatic nitrogens is 3. The Balaban J connectivity index is 1.95. The van der Waals surface area contributed by atoms with E-state index in [9.17, 15) is 4.79 Å². The summed E-state index contributed by atoms with van der Waals surface area (Å²) in [5.74, 6) is -0.210. The number of anilines is 1. The van der Waals surface area contributed by atoms with Crippen LogP contribution in [0.4, 0.5) is 5.13 Å². The molecule has 2 aromatic rings. The zero-order valence-electron chi connectivity index (χ0n) is 10.8. The molecule has 0 unspecified atom stereocenters. The summed E-state index contributed by atoms with van der Waals surface area (Å²) in [7, 11) is 0. The molecule has 0 atom stereocenters. The van der Waals surface area contributed by atoms with Gasteiger partial charge in [0.2, 0.25) is 10.1 Å². The summed E-state index contributed by atoms with van der Waals surface area (Å²) in [5.41, 5.74) is 2.09. The highest BCUT2D eigenvalue weighted by Crippen LogP contribution is 2.14. The van der Waals surface area contributed by atoms with Gasteiger partial charge in [0, 0.05) is 25.5 Å². The molecule has 2 heterocycles. The number of hydrogen-bond acceptors (Lipinski definition) is 6. The summed E-state index contributed by atoms with van der Waals surface area (Å²) in [6, 6.07) is 1.89. The third-order valence-corrected chi connectivity index (χ3v) is 3.40. The van der Waals surface area contributed by atoms with Gasteiger partial charge in [-0.2, -0.15) is 0 Å². The quantitative estimate of drug-likeness (QED) is 0.868. The van der Waals surface area contributed by atoms with Crippen LogP contribution in [-0.4, -0.2) is 27.6 Å². The zero-order chi connectivity index (χ0) is 13.7. The van der Waals surface area contributed by atoms with Crippen molar-refractivity contribution >= 4 is 22.4 Å². The van der Waals surface area contributed by atoms with E-state index in [0.717, 1.165) is 17.7 Å². The van der Waals surface area contributed by atoms with Gasteiger partial charge in [0.1, 0.15) is 0 Å². The molecule has 100 valence electrons. The zero-order valence-corrected chi connectivity index (χ0v) is 11.6. The summed E-state index contributed by atoms with van der Waals surface area (Å²) >= 11 is 1.25. The summed E-state index contributed by atoms with van der Waals surface area (Å²) in [6.07, 6.45) is 3.48. The van der Waals surface area contributed by atoms with Gasteiger partial charge in [-0.3, -0.25) is 9.78 Å². The third-order valence-electron chi connectivity index (χ3n) is 2.52. The van der Waals surface area contributed by atoms with E-state index in [2.05, 4.69) is 25.8 Å². The number of aryl methyl sites for hydroxylation is 1. The van der Waals surface area contributed by atoms with Crippen LogP contribution >= 0.6 is 11.3 Å². The van der Waals surface area contributed by atoms with Crippen LogP contribution in [0.25, 0.3) is 0 Å². The van der Waals surface area contributed by atoms with Crippen LogP contribution in [0.1, 0.15) is 27.9 Å². The predicted octanol–water partition coefficient (Wildman–Crippen LogP) is 1.60. The molecule has 0 spiro atoms. The Bertz CT molecular complexity index is 569. The fourth-order valence-electron chi connectivity index (χ4n) is 1.49. The lowest BCUT2D eigenvalue weighted by molar-refractivity contribution is 0.0950. The largest absolute Gasteiger partial charge is 0.360 e. The van der Waals surface area contributed by atoms with Gasteiger partial charge in [0.15, 0.2) is 0 Å². The highest BCUT2D eigenvalue weighted by atomic mass is 32.1. The van der Waals surface area contributed by atoms with Gasteiger partial charge >= 0.3 is 0 Å². The van der Waals surface area contributed by atoms with Gasteiger partial charge in [0.25, 0.3) is 5.91 Å². The van der Waals surface area contributed by atoms with E-state index in [4.69, 9.17) is 0 Å². The molecule has 0 saturated heterocycles. The lowest BCUT2D eigenvalue weighted by Gasteiger charge is -2.05. The Morgan fingerprint density at radius 1 is 1.42 bits per heavy atom. The maximum atomic E-state index is 11.9. The summed E-state index contributed by atoms with van der Waals surface area (Å²) in [4.78, 5) is 15.9. The van der Waals surface area contributed by atoms with Crippen LogP contribution in [0.15, 0.2) is 18.5 Å². The van der Waals surface area contributed by atoms with Crippen LogP contribution in [-0.2, 0) is 6.54 Å². The molecule has 7 heteroatoms. The number of rotatable bonds is 5. The van der Waals surface area contributed by atoms with Gasteiger partial charge in [-0.15, -0.1) is 10.2 Å². The molecule has 0 bridgehead atoms. The fourth-order valence-corrected chi connectivity index (χ4v) is 2.22. The first-order chi connectivity index (χ1) is 9.20. The molecule has 0 aliphatic heterocycles. The molecule has 0 fully saturated rings. The van der Waals surface area contributed by atoms with Crippen LogP contribution in [0.5, 0.6) is 0 Å². The van der Waals surface area contributed by atoms with E-state index >= 15 is 0 Å². The Kier molecular flexibility index (Phi) is 4.40. The van der Waals surface area contributed by atoms with Gasteiger partial charge in [0.05, 0.1) is 0 Å². The van der Waals surface area contributed by atoms with Crippen LogP contribution in [0.2, 0.25) is 0 Å². The van der Waals surface area contributed by atoms with Crippen molar-refractivity contribution in [2.45, 2.75) is 20.4 Å². The van der Waals surface area contributed by atoms with Gasteiger partial charge in [-0.1, -0.05) is 11.3 Å². The average molecular weight is 277 g/mol. The van der Waals surface area contributed by atoms with Crippen molar-refractivity contribution in [3.05, 3.63) is 34.6 Å². The molecule has 6 nitrogen and oxygen atoms in total. The van der Waals surface area contributed by atoms with E-state index in [0.29, 0.717) is 16.7 Å². The van der Waals surface area contributed by atoms with Crippen LogP contribution in [0, 0.1) is 6.92 Å². The number of carbonyl (C=O) groups excluding carboxylic acids is 1. The Hall–Kier alpha value is -2.02. The monoisotopic (exact) mass is 277 g/mol. The minimum Gasteiger partial charge on any atom is -0.360 e. The van der Waals surface area contributed by atoms with E-state index < -0.39 is 0 Å². The maximum Gasteiger partial charge on any atom is 0.282 e. The van der Waals surface area contributed by atoms with Crippen molar-refractivity contribution in [2.24, 2.45) is 0 Å². The van der Waals surface area contributed by atoms with Crippen molar-refractivity contribution in [1.29, 1.82) is 0 Å². The van der Waals surface area contributed by atoms with Crippen molar-refractivity contribution in [3.63, 3.8) is 0 Å². The Morgan fingerprint density at radius 3 is 3.00 bits per heavy atom. The second-order valence-corrected chi connectivity index (χ2v) is 4.91. The molecule has 2 aromatic heterocycles. The van der Waals surface area contributed by atoms with E-state index in [1.165, 1.54) is 11.3 Å². The number of amides is 1. The first kappa shape index (κ1) is 13.4. The molecule has 0 saturated carbocycles. The molecule has 0 aliphatic rings. The van der Waals surface area contributed by atoms with Crippen LogP contribution < -0.4 is 10.6 Å². The molecule has 19 heavy (non-hydrogen) atoms. The van der Waals surface area contributed by atoms with Crippen molar-refractivity contribution in [1.82, 2.24) is 20.5 Å². The standard InChI is InChI=1S/C12H15N5OS/c1-3-14-12-17-16-11(19-12)10(18)15-7-9-4-5-13-6-8(9)2/h4-6H,3,7H2,1-2H3,(H,14,17)(H,15,18). The SMILES string of the molecule is CCNc1nnc(C(=O)NCc2ccncc2C)s1. The fraction of sp³-hybridized carbons (Fsp3) is 0.333. The summed E-state index contributed by atoms with van der Waals surface area (Å²) in [6.45, 7) is 5.14. The van der Waals surface area contributed by atoms with E-state index in [1.807, 2.05) is 19.9 Å². The smallest absolute Gasteiger partial charge is 0.282 e. The van der Waals surface area contributed by atoms with Crippen LogP contribution in [0.3, 0.4) is 0 Å². The second kappa shape index (κ2) is 6.24. The second-order valence-electron chi connectivity index (χ2n) is 3.93. The first-order valence-electron chi connectivity index (χ1n) is 5.95. The van der Waals surface area contributed by atoms with Crippen molar-refractivity contribution in [3.8, 4) is 0 Å². The Morgan fingerprint density at radius 2 is 2.26 bits per heavy atom. The highest BCUT2D eigenvalue weighted by molar-refractivity contribution is 7.17. The summed E-state index contributed by atoms with van der Waals surface area (Å²) < 4.78 is 0. The average Bonchev–Trinajstić information content (AvgIpc) is 2.87. The number of carbonyl (C=O) groups is 1. The molecule has 1 amide bonds. The molecule has 0 radical (unpaired) electrons. The molecular formula is C12H15N5OS. The number of nitrogens with one attached hydrogen (secondary N) is 2. The number of pyridine rings is 1. The number of nitrogens with zero attached hydrogens (tertiary/aromatic N) is 3. The third kappa shape index (κ3) is 3.47. The Labute approximate surface area is 115 Å². The molecule has 0 aliphatic carbocycles. The normalized spacial score (nSPS) is 10.2. The summed E-state index contributed by atoms with van der Waals surface area (Å²) in [5, 5.41) is 14.6. The van der Waals surface area contributed by atoms with E-state index in [1.54, 1.807) is 12.4 Å². The first-order valence-corrected chi connectivity index (χ1v) is 6.77. The molecule has 2 rings (SSSR count). The van der Waals surface area contributed by atoms with Crippen molar-refractivity contribution in [2.75, 3.05) is 11.9 Å². The highest BCUT2D eigenvalue weighted by Gasteiger charge is 2.12. The van der Waals surface area contributed by atoms with Gasteiger partial charge in [-0.05, 0) is 31.0 Å². The lowest BCUT2D eigenvalue weighted by atomic mass is 10.1. The minimum atomic E-state index is -0.210. The van der Waals surface area contributed by atoms with Gasteiger partial charge < -0.3 is 10.6 Å². The minimum absolute atomic E-state index is 0.210. The number of hydrogen-bond donors (Lipinski definition) is 2. The van der Waals surface area contributed by atoms with Gasteiger partial charge in [-0.25, -0.2) is 0 Å². The molecule has 0 aromatic carbocycles. The maximum absolute atomic E-state index is 11.9. The molecular weight excluding hydrogens is 262 g/mol. The lowest BCUT2D eigenvalue weighted by Crippen LogP contribution is -2.23. The van der Waals surface area contributed by atoms with Crippen molar-refractivity contribution < 1.29 is 4.79 Å². The topological polar surface area (TPSA) is 79.8 Å². The predicted molar refractivity (Wildman–Crippen MR) is 74.2 cm³/mol.